The maximum absolute atomic E-state index is 5.05. The second kappa shape index (κ2) is 6.83. The third-order valence-electron chi connectivity index (χ3n) is 3.93. The predicted molar refractivity (Wildman–Crippen MR) is 79.3 cm³/mol. The summed E-state index contributed by atoms with van der Waals surface area (Å²) < 4.78 is 10.1. The molecule has 118 valence electrons. The zero-order valence-corrected chi connectivity index (χ0v) is 13.0. The van der Waals surface area contributed by atoms with E-state index in [4.69, 9.17) is 9.26 Å². The summed E-state index contributed by atoms with van der Waals surface area (Å²) in [6, 6.07) is 3.82. The van der Waals surface area contributed by atoms with Crippen LogP contribution in [0.5, 0.6) is 5.88 Å². The van der Waals surface area contributed by atoms with Crippen LogP contribution in [0.1, 0.15) is 30.3 Å². The van der Waals surface area contributed by atoms with E-state index in [2.05, 4.69) is 25.2 Å². The standard InChI is InChI=1S/C15H21N5O2/c1-11-16-14(19-22-11)8-12-4-3-7-20(9-12)10-13-5-6-15(21-2)18-17-13/h5-6,12H,3-4,7-10H2,1-2H3/t12-/m0/s1. The number of hydrogen-bond acceptors (Lipinski definition) is 7. The minimum Gasteiger partial charge on any atom is -0.480 e. The third-order valence-corrected chi connectivity index (χ3v) is 3.93. The summed E-state index contributed by atoms with van der Waals surface area (Å²) in [5.41, 5.74) is 0.969. The molecule has 0 bridgehead atoms. The van der Waals surface area contributed by atoms with Crippen molar-refractivity contribution in [2.45, 2.75) is 32.7 Å². The van der Waals surface area contributed by atoms with Gasteiger partial charge in [-0.25, -0.2) is 0 Å². The molecular weight excluding hydrogens is 282 g/mol. The van der Waals surface area contributed by atoms with Crippen molar-refractivity contribution in [1.82, 2.24) is 25.2 Å². The molecule has 2 aromatic heterocycles. The van der Waals surface area contributed by atoms with Gasteiger partial charge in [-0.2, -0.15) is 10.1 Å². The first-order chi connectivity index (χ1) is 10.7. The summed E-state index contributed by atoms with van der Waals surface area (Å²) in [7, 11) is 1.60. The molecule has 0 N–H and O–H groups in total. The van der Waals surface area contributed by atoms with Gasteiger partial charge in [0.2, 0.25) is 11.8 Å². The number of methoxy groups -OCH3 is 1. The molecular formula is C15H21N5O2. The predicted octanol–water partition coefficient (Wildman–Crippen LogP) is 1.63. The van der Waals surface area contributed by atoms with Crippen molar-refractivity contribution in [3.8, 4) is 5.88 Å². The van der Waals surface area contributed by atoms with Crippen LogP contribution in [0.2, 0.25) is 0 Å². The van der Waals surface area contributed by atoms with Gasteiger partial charge in [-0.3, -0.25) is 4.90 Å². The molecule has 1 atom stereocenters. The van der Waals surface area contributed by atoms with Crippen LogP contribution in [0, 0.1) is 12.8 Å². The molecule has 3 rings (SSSR count). The van der Waals surface area contributed by atoms with Gasteiger partial charge in [-0.1, -0.05) is 5.16 Å². The highest BCUT2D eigenvalue weighted by Crippen LogP contribution is 2.21. The largest absolute Gasteiger partial charge is 0.480 e. The van der Waals surface area contributed by atoms with Gasteiger partial charge >= 0.3 is 0 Å². The van der Waals surface area contributed by atoms with E-state index in [9.17, 15) is 0 Å². The summed E-state index contributed by atoms with van der Waals surface area (Å²) in [5, 5.41) is 12.2. The molecule has 7 heteroatoms. The number of rotatable bonds is 5. The molecule has 1 aliphatic heterocycles. The lowest BCUT2D eigenvalue weighted by molar-refractivity contribution is 0.163. The molecule has 0 saturated carbocycles. The van der Waals surface area contributed by atoms with Gasteiger partial charge in [0, 0.05) is 32.5 Å². The van der Waals surface area contributed by atoms with Gasteiger partial charge in [0.1, 0.15) is 0 Å². The summed E-state index contributed by atoms with van der Waals surface area (Å²) in [4.78, 5) is 6.71. The first-order valence-corrected chi connectivity index (χ1v) is 7.61. The highest BCUT2D eigenvalue weighted by molar-refractivity contribution is 5.11. The van der Waals surface area contributed by atoms with E-state index in [1.807, 2.05) is 19.1 Å². The number of aromatic nitrogens is 4. The first-order valence-electron chi connectivity index (χ1n) is 7.61. The van der Waals surface area contributed by atoms with Gasteiger partial charge in [0.15, 0.2) is 5.82 Å². The molecule has 0 radical (unpaired) electrons. The topological polar surface area (TPSA) is 77.2 Å². The zero-order chi connectivity index (χ0) is 15.4. The number of ether oxygens (including phenoxy) is 1. The SMILES string of the molecule is COc1ccc(CN2CCC[C@@H](Cc3noc(C)n3)C2)nn1. The minimum atomic E-state index is 0.549. The Labute approximate surface area is 129 Å². The molecule has 0 spiro atoms. The van der Waals surface area contributed by atoms with E-state index in [0.29, 0.717) is 17.7 Å². The fraction of sp³-hybridized carbons (Fsp3) is 0.600. The molecule has 22 heavy (non-hydrogen) atoms. The van der Waals surface area contributed by atoms with Crippen LogP contribution in [-0.2, 0) is 13.0 Å². The average Bonchev–Trinajstić information content (AvgIpc) is 2.93. The van der Waals surface area contributed by atoms with Gasteiger partial charge in [-0.05, 0) is 31.4 Å². The van der Waals surface area contributed by atoms with Gasteiger partial charge in [0.05, 0.1) is 12.8 Å². The third kappa shape index (κ3) is 3.79. The normalized spacial score (nSPS) is 19.3. The number of aryl methyl sites for hydroxylation is 1. The Balaban J connectivity index is 1.55. The van der Waals surface area contributed by atoms with E-state index >= 15 is 0 Å². The van der Waals surface area contributed by atoms with E-state index in [0.717, 1.165) is 37.6 Å². The second-order valence-electron chi connectivity index (χ2n) is 5.74. The van der Waals surface area contributed by atoms with Gasteiger partial charge in [0.25, 0.3) is 0 Å². The van der Waals surface area contributed by atoms with Crippen molar-refractivity contribution in [3.63, 3.8) is 0 Å². The highest BCUT2D eigenvalue weighted by atomic mass is 16.5. The first kappa shape index (κ1) is 14.9. The van der Waals surface area contributed by atoms with Crippen molar-refractivity contribution in [3.05, 3.63) is 29.5 Å². The quantitative estimate of drug-likeness (QED) is 0.830. The average molecular weight is 303 g/mol. The molecule has 0 aliphatic carbocycles. The Morgan fingerprint density at radius 3 is 2.95 bits per heavy atom. The van der Waals surface area contributed by atoms with Crippen LogP contribution in [0.25, 0.3) is 0 Å². The second-order valence-corrected chi connectivity index (χ2v) is 5.74. The van der Waals surface area contributed by atoms with Crippen molar-refractivity contribution in [2.24, 2.45) is 5.92 Å². The lowest BCUT2D eigenvalue weighted by Crippen LogP contribution is -2.36. The number of piperidine rings is 1. The molecule has 0 aromatic carbocycles. The van der Waals surface area contributed by atoms with Crippen molar-refractivity contribution in [1.29, 1.82) is 0 Å². The smallest absolute Gasteiger partial charge is 0.233 e. The molecule has 3 heterocycles. The maximum atomic E-state index is 5.05. The van der Waals surface area contributed by atoms with Crippen LogP contribution >= 0.6 is 0 Å². The molecule has 7 nitrogen and oxygen atoms in total. The van der Waals surface area contributed by atoms with Crippen LogP contribution in [0.3, 0.4) is 0 Å². The number of likely N-dealkylation sites (tertiary alicyclic amines) is 1. The van der Waals surface area contributed by atoms with Crippen LogP contribution < -0.4 is 4.74 Å². The Morgan fingerprint density at radius 1 is 1.36 bits per heavy atom. The van der Waals surface area contributed by atoms with Crippen molar-refractivity contribution >= 4 is 0 Å². The Morgan fingerprint density at radius 2 is 2.27 bits per heavy atom. The number of hydrogen-bond donors (Lipinski definition) is 0. The van der Waals surface area contributed by atoms with E-state index < -0.39 is 0 Å². The molecule has 0 unspecified atom stereocenters. The zero-order valence-electron chi connectivity index (χ0n) is 13.0. The summed E-state index contributed by atoms with van der Waals surface area (Å²) in [6.45, 7) is 4.77. The van der Waals surface area contributed by atoms with Crippen LogP contribution in [0.4, 0.5) is 0 Å². The van der Waals surface area contributed by atoms with Gasteiger partial charge in [-0.15, -0.1) is 5.10 Å². The van der Waals surface area contributed by atoms with Crippen LogP contribution in [0.15, 0.2) is 16.7 Å². The summed E-state index contributed by atoms with van der Waals surface area (Å²) >= 11 is 0. The fourth-order valence-corrected chi connectivity index (χ4v) is 2.91. The molecule has 1 aliphatic rings. The molecule has 1 fully saturated rings. The molecule has 1 saturated heterocycles. The lowest BCUT2D eigenvalue weighted by Gasteiger charge is -2.31. The van der Waals surface area contributed by atoms with Crippen molar-refractivity contribution in [2.75, 3.05) is 20.2 Å². The Hall–Kier alpha value is -2.02. The highest BCUT2D eigenvalue weighted by Gasteiger charge is 2.22. The monoisotopic (exact) mass is 303 g/mol. The fourth-order valence-electron chi connectivity index (χ4n) is 2.91. The van der Waals surface area contributed by atoms with E-state index in [-0.39, 0.29) is 0 Å². The summed E-state index contributed by atoms with van der Waals surface area (Å²) in [6.07, 6.45) is 3.27. The van der Waals surface area contributed by atoms with E-state index in [1.54, 1.807) is 7.11 Å². The Bertz CT molecular complexity index is 598. The van der Waals surface area contributed by atoms with Crippen LogP contribution in [-0.4, -0.2) is 45.4 Å². The van der Waals surface area contributed by atoms with Crippen molar-refractivity contribution < 1.29 is 9.26 Å². The number of nitrogens with zero attached hydrogens (tertiary/aromatic N) is 5. The maximum Gasteiger partial charge on any atom is 0.233 e. The van der Waals surface area contributed by atoms with E-state index in [1.165, 1.54) is 12.8 Å². The lowest BCUT2D eigenvalue weighted by atomic mass is 9.94. The Kier molecular flexibility index (Phi) is 4.62. The molecule has 0 amide bonds. The minimum absolute atomic E-state index is 0.549. The van der Waals surface area contributed by atoms with Gasteiger partial charge < -0.3 is 9.26 Å². The summed E-state index contributed by atoms with van der Waals surface area (Å²) in [5.74, 6) is 2.56. The molecule has 2 aromatic rings.